The zero-order chi connectivity index (χ0) is 13.9. The van der Waals surface area contributed by atoms with Crippen LogP contribution in [0.5, 0.6) is 0 Å². The lowest BCUT2D eigenvalue weighted by atomic mass is 9.96. The van der Waals surface area contributed by atoms with Gasteiger partial charge in [0.25, 0.3) is 0 Å². The van der Waals surface area contributed by atoms with Gasteiger partial charge in [-0.05, 0) is 60.2 Å². The van der Waals surface area contributed by atoms with Crippen LogP contribution in [0.2, 0.25) is 25.2 Å². The van der Waals surface area contributed by atoms with Crippen LogP contribution in [0.1, 0.15) is 41.5 Å². The molecular formula is C15H33NSi. The van der Waals surface area contributed by atoms with E-state index in [1.807, 2.05) is 0 Å². The van der Waals surface area contributed by atoms with Gasteiger partial charge < -0.3 is 0 Å². The summed E-state index contributed by atoms with van der Waals surface area (Å²) in [6.07, 6.45) is 2.10. The molecule has 0 aliphatic rings. The standard InChI is InChI=1S/C15H33NSi/c1-10-12-17(8,9)13-11-16(14(2,3)4)15(5,6)7/h10H,1,11-13H2,2-9H3. The lowest BCUT2D eigenvalue weighted by Crippen LogP contribution is -2.53. The molecule has 0 bridgehead atoms. The fraction of sp³-hybridized carbons (Fsp3) is 0.867. The molecule has 0 atom stereocenters. The normalized spacial score (nSPS) is 14.2. The van der Waals surface area contributed by atoms with Gasteiger partial charge in [-0.2, -0.15) is 0 Å². The molecule has 0 fully saturated rings. The van der Waals surface area contributed by atoms with Crippen LogP contribution < -0.4 is 0 Å². The van der Waals surface area contributed by atoms with Crippen molar-refractivity contribution in [3.63, 3.8) is 0 Å². The van der Waals surface area contributed by atoms with E-state index in [2.05, 4.69) is 72.2 Å². The maximum Gasteiger partial charge on any atom is 0.0523 e. The van der Waals surface area contributed by atoms with Gasteiger partial charge >= 0.3 is 0 Å². The molecule has 0 saturated heterocycles. The Hall–Kier alpha value is -0.0831. The molecule has 0 aliphatic heterocycles. The smallest absolute Gasteiger partial charge is 0.0523 e. The average Bonchev–Trinajstić information content (AvgIpc) is 1.97. The molecule has 0 rings (SSSR count). The van der Waals surface area contributed by atoms with Gasteiger partial charge in [0.1, 0.15) is 0 Å². The van der Waals surface area contributed by atoms with E-state index in [0.717, 1.165) is 0 Å². The monoisotopic (exact) mass is 255 g/mol. The molecule has 0 radical (unpaired) electrons. The third-order valence-electron chi connectivity index (χ3n) is 3.33. The van der Waals surface area contributed by atoms with Crippen LogP contribution >= 0.6 is 0 Å². The summed E-state index contributed by atoms with van der Waals surface area (Å²) < 4.78 is 0. The second-order valence-electron chi connectivity index (χ2n) is 7.90. The van der Waals surface area contributed by atoms with Crippen molar-refractivity contribution in [2.45, 2.75) is 77.8 Å². The Morgan fingerprint density at radius 2 is 1.41 bits per heavy atom. The quantitative estimate of drug-likeness (QED) is 0.505. The molecule has 17 heavy (non-hydrogen) atoms. The number of nitrogens with zero attached hydrogens (tertiary/aromatic N) is 1. The summed E-state index contributed by atoms with van der Waals surface area (Å²) in [5, 5.41) is 0. The molecule has 102 valence electrons. The zero-order valence-corrected chi connectivity index (χ0v) is 14.4. The van der Waals surface area contributed by atoms with Crippen molar-refractivity contribution in [2.24, 2.45) is 0 Å². The van der Waals surface area contributed by atoms with Gasteiger partial charge in [0.05, 0.1) is 8.07 Å². The van der Waals surface area contributed by atoms with Gasteiger partial charge in [-0.15, -0.1) is 6.58 Å². The summed E-state index contributed by atoms with van der Waals surface area (Å²) in [6.45, 7) is 24.0. The van der Waals surface area contributed by atoms with Crippen LogP contribution in [-0.4, -0.2) is 30.6 Å². The molecular weight excluding hydrogens is 222 g/mol. The SMILES string of the molecule is C=CC[Si](C)(C)CCN(C(C)(C)C)C(C)(C)C. The second-order valence-corrected chi connectivity index (χ2v) is 13.1. The Labute approximate surface area is 110 Å². The Morgan fingerprint density at radius 1 is 1.00 bits per heavy atom. The third kappa shape index (κ3) is 6.42. The fourth-order valence-corrected chi connectivity index (χ4v) is 4.40. The third-order valence-corrected chi connectivity index (χ3v) is 6.30. The number of hydrogen-bond acceptors (Lipinski definition) is 1. The highest BCUT2D eigenvalue weighted by Gasteiger charge is 2.32. The highest BCUT2D eigenvalue weighted by atomic mass is 28.3. The molecule has 0 aromatic carbocycles. The van der Waals surface area contributed by atoms with E-state index in [4.69, 9.17) is 0 Å². The van der Waals surface area contributed by atoms with Gasteiger partial charge in [0, 0.05) is 11.1 Å². The first kappa shape index (κ1) is 16.9. The van der Waals surface area contributed by atoms with E-state index in [-0.39, 0.29) is 11.1 Å². The van der Waals surface area contributed by atoms with Crippen molar-refractivity contribution in [3.8, 4) is 0 Å². The van der Waals surface area contributed by atoms with Crippen LogP contribution in [0.25, 0.3) is 0 Å². The maximum absolute atomic E-state index is 3.89. The summed E-state index contributed by atoms with van der Waals surface area (Å²) >= 11 is 0. The van der Waals surface area contributed by atoms with Gasteiger partial charge in [0.2, 0.25) is 0 Å². The molecule has 0 N–H and O–H groups in total. The van der Waals surface area contributed by atoms with Crippen molar-refractivity contribution in [1.82, 2.24) is 4.90 Å². The average molecular weight is 256 g/mol. The molecule has 0 saturated carbocycles. The van der Waals surface area contributed by atoms with Crippen molar-refractivity contribution in [2.75, 3.05) is 6.54 Å². The van der Waals surface area contributed by atoms with Crippen molar-refractivity contribution in [3.05, 3.63) is 12.7 Å². The second kappa shape index (κ2) is 5.70. The van der Waals surface area contributed by atoms with Crippen LogP contribution in [0.4, 0.5) is 0 Å². The minimum Gasteiger partial charge on any atom is -0.294 e. The van der Waals surface area contributed by atoms with Crippen molar-refractivity contribution in [1.29, 1.82) is 0 Å². The van der Waals surface area contributed by atoms with E-state index >= 15 is 0 Å². The first-order chi connectivity index (χ1) is 7.40. The lowest BCUT2D eigenvalue weighted by molar-refractivity contribution is 0.0443. The summed E-state index contributed by atoms with van der Waals surface area (Å²) in [7, 11) is -1.08. The van der Waals surface area contributed by atoms with Gasteiger partial charge in [-0.1, -0.05) is 19.2 Å². The molecule has 0 amide bonds. The van der Waals surface area contributed by atoms with Gasteiger partial charge in [0.15, 0.2) is 0 Å². The summed E-state index contributed by atoms with van der Waals surface area (Å²) in [5.41, 5.74) is 0.494. The molecule has 2 heteroatoms. The van der Waals surface area contributed by atoms with Crippen molar-refractivity contribution < 1.29 is 0 Å². The Morgan fingerprint density at radius 3 is 1.71 bits per heavy atom. The first-order valence-corrected chi connectivity index (χ1v) is 10.2. The lowest BCUT2D eigenvalue weighted by Gasteiger charge is -2.46. The van der Waals surface area contributed by atoms with Gasteiger partial charge in [-0.25, -0.2) is 0 Å². The molecule has 0 spiro atoms. The summed E-state index contributed by atoms with van der Waals surface area (Å²) in [5.74, 6) is 0. The van der Waals surface area contributed by atoms with E-state index in [1.54, 1.807) is 0 Å². The zero-order valence-electron chi connectivity index (χ0n) is 13.4. The molecule has 0 heterocycles. The number of allylic oxidation sites excluding steroid dienone is 1. The van der Waals surface area contributed by atoms with Crippen LogP contribution in [0.3, 0.4) is 0 Å². The fourth-order valence-electron chi connectivity index (χ4n) is 2.58. The van der Waals surface area contributed by atoms with E-state index in [9.17, 15) is 0 Å². The highest BCUT2D eigenvalue weighted by Crippen LogP contribution is 2.27. The molecule has 0 aromatic rings. The van der Waals surface area contributed by atoms with Crippen LogP contribution in [-0.2, 0) is 0 Å². The predicted octanol–water partition coefficient (Wildman–Crippen LogP) is 4.78. The van der Waals surface area contributed by atoms with Crippen molar-refractivity contribution >= 4 is 8.07 Å². The Balaban J connectivity index is 4.64. The minimum absolute atomic E-state index is 0.247. The topological polar surface area (TPSA) is 3.24 Å². The molecule has 0 aromatic heterocycles. The Bertz CT molecular complexity index is 229. The molecule has 0 unspecified atom stereocenters. The Kier molecular flexibility index (Phi) is 5.68. The maximum atomic E-state index is 3.89. The minimum atomic E-state index is -1.08. The predicted molar refractivity (Wildman–Crippen MR) is 83.5 cm³/mol. The van der Waals surface area contributed by atoms with Crippen LogP contribution in [0.15, 0.2) is 12.7 Å². The molecule has 1 nitrogen and oxygen atoms in total. The molecule has 0 aliphatic carbocycles. The van der Waals surface area contributed by atoms with E-state index in [0.29, 0.717) is 0 Å². The van der Waals surface area contributed by atoms with Crippen LogP contribution in [0, 0.1) is 0 Å². The summed E-state index contributed by atoms with van der Waals surface area (Å²) in [4.78, 5) is 2.64. The number of rotatable bonds is 5. The van der Waals surface area contributed by atoms with E-state index in [1.165, 1.54) is 18.6 Å². The number of hydrogen-bond donors (Lipinski definition) is 0. The largest absolute Gasteiger partial charge is 0.294 e. The van der Waals surface area contributed by atoms with E-state index < -0.39 is 8.07 Å². The summed E-state index contributed by atoms with van der Waals surface area (Å²) in [6, 6.07) is 2.59. The highest BCUT2D eigenvalue weighted by molar-refractivity contribution is 6.77. The van der Waals surface area contributed by atoms with Gasteiger partial charge in [-0.3, -0.25) is 4.90 Å². The first-order valence-electron chi connectivity index (χ1n) is 6.79.